The summed E-state index contributed by atoms with van der Waals surface area (Å²) in [5.41, 5.74) is 0. The van der Waals surface area contributed by atoms with Crippen LogP contribution in [0.2, 0.25) is 0 Å². The Hall–Kier alpha value is -1.26. The maximum Gasteiger partial charge on any atom is 0.407 e. The van der Waals surface area contributed by atoms with Crippen LogP contribution in [0.25, 0.3) is 0 Å². The lowest BCUT2D eigenvalue weighted by Crippen LogP contribution is -2.46. The number of hydrogen-bond acceptors (Lipinski definition) is 4. The average molecular weight is 315 g/mol. The van der Waals surface area contributed by atoms with Crippen molar-refractivity contribution in [3.05, 3.63) is 0 Å². The second-order valence-corrected chi connectivity index (χ2v) is 5.79. The highest BCUT2D eigenvalue weighted by Gasteiger charge is 2.27. The Bertz CT molecular complexity index is 307. The average Bonchev–Trinajstić information content (AvgIpc) is 2.53. The second-order valence-electron chi connectivity index (χ2n) is 5.79. The van der Waals surface area contributed by atoms with Crippen LogP contribution >= 0.6 is 0 Å². The molecule has 0 aliphatic heterocycles. The van der Waals surface area contributed by atoms with Gasteiger partial charge in [0.05, 0.1) is 13.7 Å². The Balaban J connectivity index is 3.95. The van der Waals surface area contributed by atoms with E-state index in [0.29, 0.717) is 6.61 Å². The summed E-state index contributed by atoms with van der Waals surface area (Å²) in [5, 5.41) is 2.56. The van der Waals surface area contributed by atoms with Crippen LogP contribution in [0.3, 0.4) is 0 Å². The molecule has 2 atom stereocenters. The minimum Gasteiger partial charge on any atom is -0.464 e. The molecule has 130 valence electrons. The Kier molecular flexibility index (Phi) is 12.6. The fourth-order valence-corrected chi connectivity index (χ4v) is 2.18. The quantitative estimate of drug-likeness (QED) is 0.436. The van der Waals surface area contributed by atoms with Crippen molar-refractivity contribution in [1.29, 1.82) is 0 Å². The largest absolute Gasteiger partial charge is 0.464 e. The van der Waals surface area contributed by atoms with Crippen LogP contribution in [-0.4, -0.2) is 31.8 Å². The Morgan fingerprint density at radius 2 is 1.59 bits per heavy atom. The lowest BCUT2D eigenvalue weighted by molar-refractivity contribution is -0.147. The van der Waals surface area contributed by atoms with Crippen molar-refractivity contribution in [3.63, 3.8) is 0 Å². The van der Waals surface area contributed by atoms with E-state index >= 15 is 0 Å². The first-order chi connectivity index (χ1) is 10.6. The zero-order valence-electron chi connectivity index (χ0n) is 14.7. The standard InChI is InChI=1S/C17H33NO4/c1-5-7-8-9-10-11-12-13-22-16(19)15(14(3)6-2)18-17(20)21-4/h14-15H,5-13H2,1-4H3,(H,18,20). The van der Waals surface area contributed by atoms with E-state index in [-0.39, 0.29) is 11.9 Å². The van der Waals surface area contributed by atoms with Crippen molar-refractivity contribution >= 4 is 12.1 Å². The lowest BCUT2D eigenvalue weighted by Gasteiger charge is -2.21. The van der Waals surface area contributed by atoms with Crippen LogP contribution in [0.5, 0.6) is 0 Å². The van der Waals surface area contributed by atoms with Crippen LogP contribution in [0.1, 0.15) is 72.1 Å². The molecule has 0 saturated heterocycles. The van der Waals surface area contributed by atoms with E-state index in [0.717, 1.165) is 19.3 Å². The molecule has 0 fully saturated rings. The number of hydrogen-bond donors (Lipinski definition) is 1. The van der Waals surface area contributed by atoms with Crippen LogP contribution < -0.4 is 5.32 Å². The number of unbranched alkanes of at least 4 members (excludes halogenated alkanes) is 6. The van der Waals surface area contributed by atoms with Crippen molar-refractivity contribution in [1.82, 2.24) is 5.32 Å². The van der Waals surface area contributed by atoms with Gasteiger partial charge in [-0.1, -0.05) is 65.7 Å². The Morgan fingerprint density at radius 1 is 1.00 bits per heavy atom. The van der Waals surface area contributed by atoms with Gasteiger partial charge in [-0.25, -0.2) is 9.59 Å². The van der Waals surface area contributed by atoms with Crippen LogP contribution in [0.15, 0.2) is 0 Å². The molecule has 2 unspecified atom stereocenters. The van der Waals surface area contributed by atoms with Crippen LogP contribution in [-0.2, 0) is 14.3 Å². The van der Waals surface area contributed by atoms with E-state index in [1.54, 1.807) is 0 Å². The van der Waals surface area contributed by atoms with E-state index in [2.05, 4.69) is 17.0 Å². The number of alkyl carbamates (subject to hydrolysis) is 1. The smallest absolute Gasteiger partial charge is 0.407 e. The molecule has 0 saturated carbocycles. The number of nitrogens with one attached hydrogen (secondary N) is 1. The zero-order chi connectivity index (χ0) is 16.8. The summed E-state index contributed by atoms with van der Waals surface area (Å²) in [7, 11) is 1.28. The summed E-state index contributed by atoms with van der Waals surface area (Å²) < 4.78 is 9.85. The van der Waals surface area contributed by atoms with Gasteiger partial charge in [0.15, 0.2) is 0 Å². The minimum absolute atomic E-state index is 0.0145. The van der Waals surface area contributed by atoms with Gasteiger partial charge in [0.25, 0.3) is 0 Å². The molecule has 0 rings (SSSR count). The van der Waals surface area contributed by atoms with Crippen molar-refractivity contribution in [2.75, 3.05) is 13.7 Å². The summed E-state index contributed by atoms with van der Waals surface area (Å²) in [4.78, 5) is 23.4. The van der Waals surface area contributed by atoms with E-state index < -0.39 is 12.1 Å². The van der Waals surface area contributed by atoms with Crippen molar-refractivity contribution in [2.45, 2.75) is 78.2 Å². The SMILES string of the molecule is CCCCCCCCCOC(=O)C(NC(=O)OC)C(C)CC. The molecule has 0 radical (unpaired) electrons. The maximum absolute atomic E-state index is 12.1. The molecule has 0 aromatic rings. The minimum atomic E-state index is -0.637. The van der Waals surface area contributed by atoms with Crippen molar-refractivity contribution in [2.24, 2.45) is 5.92 Å². The highest BCUT2D eigenvalue weighted by Crippen LogP contribution is 2.11. The van der Waals surface area contributed by atoms with Gasteiger partial charge in [0.1, 0.15) is 6.04 Å². The van der Waals surface area contributed by atoms with Crippen LogP contribution in [0, 0.1) is 5.92 Å². The van der Waals surface area contributed by atoms with Crippen molar-refractivity contribution < 1.29 is 19.1 Å². The van der Waals surface area contributed by atoms with Gasteiger partial charge < -0.3 is 14.8 Å². The number of carbonyl (C=O) groups excluding carboxylic acids is 2. The number of amides is 1. The van der Waals surface area contributed by atoms with Gasteiger partial charge in [-0.3, -0.25) is 0 Å². The van der Waals surface area contributed by atoms with Gasteiger partial charge in [0.2, 0.25) is 0 Å². The highest BCUT2D eigenvalue weighted by atomic mass is 16.5. The van der Waals surface area contributed by atoms with E-state index in [1.165, 1.54) is 39.2 Å². The zero-order valence-corrected chi connectivity index (χ0v) is 14.7. The third-order valence-electron chi connectivity index (χ3n) is 3.92. The fraction of sp³-hybridized carbons (Fsp3) is 0.882. The third kappa shape index (κ3) is 9.64. The first-order valence-corrected chi connectivity index (χ1v) is 8.57. The second kappa shape index (κ2) is 13.4. The van der Waals surface area contributed by atoms with E-state index in [4.69, 9.17) is 4.74 Å². The summed E-state index contributed by atoms with van der Waals surface area (Å²) >= 11 is 0. The molecule has 5 nitrogen and oxygen atoms in total. The number of esters is 1. The first kappa shape index (κ1) is 20.7. The lowest BCUT2D eigenvalue weighted by atomic mass is 9.99. The number of rotatable bonds is 12. The third-order valence-corrected chi connectivity index (χ3v) is 3.92. The van der Waals surface area contributed by atoms with Gasteiger partial charge in [0, 0.05) is 0 Å². The number of carbonyl (C=O) groups is 2. The Morgan fingerprint density at radius 3 is 2.14 bits per heavy atom. The van der Waals surface area contributed by atoms with E-state index in [9.17, 15) is 9.59 Å². The summed E-state index contributed by atoms with van der Waals surface area (Å²) in [6.07, 6.45) is 8.41. The topological polar surface area (TPSA) is 64.6 Å². The summed E-state index contributed by atoms with van der Waals surface area (Å²) in [6, 6.07) is -0.637. The molecule has 22 heavy (non-hydrogen) atoms. The predicted molar refractivity (Wildman–Crippen MR) is 87.7 cm³/mol. The molecule has 0 spiro atoms. The Labute approximate surface area is 135 Å². The predicted octanol–water partition coefficient (Wildman–Crippen LogP) is 4.05. The number of ether oxygens (including phenoxy) is 2. The molecule has 1 amide bonds. The molecule has 0 aliphatic rings. The number of methoxy groups -OCH3 is 1. The first-order valence-electron chi connectivity index (χ1n) is 8.57. The monoisotopic (exact) mass is 315 g/mol. The molecule has 0 aromatic carbocycles. The van der Waals surface area contributed by atoms with Crippen LogP contribution in [0.4, 0.5) is 4.79 Å². The molecule has 0 bridgehead atoms. The summed E-state index contributed by atoms with van der Waals surface area (Å²) in [5.74, 6) is -0.355. The fourth-order valence-electron chi connectivity index (χ4n) is 2.18. The van der Waals surface area contributed by atoms with Gasteiger partial charge in [-0.05, 0) is 12.3 Å². The van der Waals surface area contributed by atoms with Gasteiger partial charge in [-0.15, -0.1) is 0 Å². The highest BCUT2D eigenvalue weighted by molar-refractivity contribution is 5.81. The molecule has 5 heteroatoms. The molecule has 0 aliphatic carbocycles. The van der Waals surface area contributed by atoms with Crippen molar-refractivity contribution in [3.8, 4) is 0 Å². The van der Waals surface area contributed by atoms with Gasteiger partial charge >= 0.3 is 12.1 Å². The van der Waals surface area contributed by atoms with E-state index in [1.807, 2.05) is 13.8 Å². The molecule has 0 heterocycles. The van der Waals surface area contributed by atoms with Gasteiger partial charge in [-0.2, -0.15) is 0 Å². The molecular weight excluding hydrogens is 282 g/mol. The molecular formula is C17H33NO4. The molecule has 0 aromatic heterocycles. The molecule has 1 N–H and O–H groups in total. The normalized spacial score (nSPS) is 13.3. The maximum atomic E-state index is 12.1. The summed E-state index contributed by atoms with van der Waals surface area (Å²) in [6.45, 7) is 6.51.